The van der Waals surface area contributed by atoms with Crippen LogP contribution >= 0.6 is 0 Å². The van der Waals surface area contributed by atoms with Crippen molar-refractivity contribution in [1.82, 2.24) is 9.80 Å². The predicted octanol–water partition coefficient (Wildman–Crippen LogP) is 1.52. The fourth-order valence-electron chi connectivity index (χ4n) is 3.67. The molecule has 1 atom stereocenters. The number of hydrogen-bond acceptors (Lipinski definition) is 3. The summed E-state index contributed by atoms with van der Waals surface area (Å²) in [4.78, 5) is 30.1. The number of anilines is 1. The van der Waals surface area contributed by atoms with Crippen molar-refractivity contribution in [2.45, 2.75) is 19.3 Å². The summed E-state index contributed by atoms with van der Waals surface area (Å²) >= 11 is 0. The molecule has 6 heteroatoms. The molecule has 0 saturated carbocycles. The van der Waals surface area contributed by atoms with Crippen LogP contribution in [0.25, 0.3) is 0 Å². The lowest BCUT2D eigenvalue weighted by Gasteiger charge is -2.33. The summed E-state index contributed by atoms with van der Waals surface area (Å²) in [7, 11) is 0. The van der Waals surface area contributed by atoms with Gasteiger partial charge >= 0.3 is 6.03 Å². The first-order chi connectivity index (χ1) is 11.6. The number of carbonyl (C=O) groups excluding carboxylic acids is 2. The van der Waals surface area contributed by atoms with Crippen molar-refractivity contribution in [3.05, 3.63) is 30.3 Å². The number of para-hydroxylation sites is 1. The van der Waals surface area contributed by atoms with E-state index < -0.39 is 6.03 Å². The summed E-state index contributed by atoms with van der Waals surface area (Å²) < 4.78 is 0. The van der Waals surface area contributed by atoms with E-state index in [9.17, 15) is 9.59 Å². The highest BCUT2D eigenvalue weighted by molar-refractivity contribution is 5.80. The molecule has 24 heavy (non-hydrogen) atoms. The van der Waals surface area contributed by atoms with Crippen molar-refractivity contribution in [3.8, 4) is 0 Å². The van der Waals surface area contributed by atoms with Crippen LogP contribution in [0.2, 0.25) is 0 Å². The summed E-state index contributed by atoms with van der Waals surface area (Å²) in [5, 5.41) is 0. The van der Waals surface area contributed by atoms with Crippen LogP contribution in [0, 0.1) is 5.92 Å². The Morgan fingerprint density at radius 2 is 1.67 bits per heavy atom. The van der Waals surface area contributed by atoms with Gasteiger partial charge < -0.3 is 20.4 Å². The summed E-state index contributed by atoms with van der Waals surface area (Å²) in [5.41, 5.74) is 6.58. The smallest absolute Gasteiger partial charge is 0.314 e. The SMILES string of the molecule is NC(=O)N1CCC[C@H](C(=O)N2CCCN(c3ccccc3)CC2)C1. The molecule has 0 aliphatic carbocycles. The molecule has 0 aromatic heterocycles. The zero-order chi connectivity index (χ0) is 16.9. The molecule has 0 spiro atoms. The number of amides is 3. The maximum Gasteiger partial charge on any atom is 0.314 e. The Labute approximate surface area is 143 Å². The Balaban J connectivity index is 1.59. The molecule has 0 bridgehead atoms. The van der Waals surface area contributed by atoms with Gasteiger partial charge in [0.2, 0.25) is 5.91 Å². The third kappa shape index (κ3) is 3.80. The average Bonchev–Trinajstić information content (AvgIpc) is 2.88. The van der Waals surface area contributed by atoms with Gasteiger partial charge in [-0.1, -0.05) is 18.2 Å². The number of carbonyl (C=O) groups is 2. The largest absolute Gasteiger partial charge is 0.370 e. The Morgan fingerprint density at radius 1 is 0.917 bits per heavy atom. The number of hydrogen-bond donors (Lipinski definition) is 1. The molecule has 2 aliphatic rings. The number of rotatable bonds is 2. The summed E-state index contributed by atoms with van der Waals surface area (Å²) in [6.45, 7) is 4.47. The van der Waals surface area contributed by atoms with E-state index in [1.165, 1.54) is 5.69 Å². The van der Waals surface area contributed by atoms with Gasteiger partial charge in [-0.05, 0) is 31.4 Å². The van der Waals surface area contributed by atoms with E-state index in [1.807, 2.05) is 23.1 Å². The first-order valence-electron chi connectivity index (χ1n) is 8.78. The van der Waals surface area contributed by atoms with E-state index in [0.717, 1.165) is 45.4 Å². The Hall–Kier alpha value is -2.24. The van der Waals surface area contributed by atoms with E-state index in [4.69, 9.17) is 5.73 Å². The first-order valence-corrected chi connectivity index (χ1v) is 8.78. The van der Waals surface area contributed by atoms with Crippen LogP contribution < -0.4 is 10.6 Å². The van der Waals surface area contributed by atoms with E-state index in [-0.39, 0.29) is 11.8 Å². The molecule has 2 heterocycles. The quantitative estimate of drug-likeness (QED) is 0.894. The molecular weight excluding hydrogens is 304 g/mol. The van der Waals surface area contributed by atoms with Gasteiger partial charge in [0.1, 0.15) is 0 Å². The Morgan fingerprint density at radius 3 is 2.42 bits per heavy atom. The molecule has 6 nitrogen and oxygen atoms in total. The van der Waals surface area contributed by atoms with Gasteiger partial charge in [0.25, 0.3) is 0 Å². The second-order valence-electron chi connectivity index (χ2n) is 6.62. The van der Waals surface area contributed by atoms with E-state index in [0.29, 0.717) is 13.1 Å². The number of primary amides is 1. The van der Waals surface area contributed by atoms with Crippen molar-refractivity contribution < 1.29 is 9.59 Å². The third-order valence-electron chi connectivity index (χ3n) is 5.01. The topological polar surface area (TPSA) is 69.9 Å². The highest BCUT2D eigenvalue weighted by Gasteiger charge is 2.31. The predicted molar refractivity (Wildman–Crippen MR) is 93.7 cm³/mol. The minimum absolute atomic E-state index is 0.102. The molecule has 0 radical (unpaired) electrons. The van der Waals surface area contributed by atoms with Crippen LogP contribution in [0.5, 0.6) is 0 Å². The fraction of sp³-hybridized carbons (Fsp3) is 0.556. The highest BCUT2D eigenvalue weighted by Crippen LogP contribution is 2.21. The van der Waals surface area contributed by atoms with Gasteiger partial charge in [-0.15, -0.1) is 0 Å². The minimum atomic E-state index is -0.418. The summed E-state index contributed by atoms with van der Waals surface area (Å²) in [6.07, 6.45) is 2.66. The second-order valence-corrected chi connectivity index (χ2v) is 6.62. The van der Waals surface area contributed by atoms with Crippen LogP contribution in [0.15, 0.2) is 30.3 Å². The maximum atomic E-state index is 12.8. The van der Waals surface area contributed by atoms with Gasteiger partial charge in [0.05, 0.1) is 5.92 Å². The van der Waals surface area contributed by atoms with Crippen LogP contribution in [0.1, 0.15) is 19.3 Å². The van der Waals surface area contributed by atoms with E-state index in [1.54, 1.807) is 4.90 Å². The molecular formula is C18H26N4O2. The van der Waals surface area contributed by atoms with Gasteiger partial charge in [-0.3, -0.25) is 4.79 Å². The molecule has 2 N–H and O–H groups in total. The lowest BCUT2D eigenvalue weighted by Crippen LogP contribution is -2.48. The van der Waals surface area contributed by atoms with Crippen molar-refractivity contribution in [2.75, 3.05) is 44.2 Å². The molecule has 2 fully saturated rings. The second kappa shape index (κ2) is 7.55. The van der Waals surface area contributed by atoms with E-state index >= 15 is 0 Å². The minimum Gasteiger partial charge on any atom is -0.370 e. The van der Waals surface area contributed by atoms with Crippen molar-refractivity contribution >= 4 is 17.6 Å². The van der Waals surface area contributed by atoms with Crippen LogP contribution in [0.3, 0.4) is 0 Å². The molecule has 2 aliphatic heterocycles. The molecule has 2 saturated heterocycles. The van der Waals surface area contributed by atoms with Gasteiger partial charge in [0, 0.05) is 45.0 Å². The Kier molecular flexibility index (Phi) is 5.23. The van der Waals surface area contributed by atoms with E-state index in [2.05, 4.69) is 17.0 Å². The van der Waals surface area contributed by atoms with Crippen molar-refractivity contribution in [1.29, 1.82) is 0 Å². The average molecular weight is 330 g/mol. The molecule has 0 unspecified atom stereocenters. The number of benzene rings is 1. The monoisotopic (exact) mass is 330 g/mol. The number of urea groups is 1. The number of likely N-dealkylation sites (tertiary alicyclic amines) is 1. The molecule has 130 valence electrons. The fourth-order valence-corrected chi connectivity index (χ4v) is 3.67. The third-order valence-corrected chi connectivity index (χ3v) is 5.01. The van der Waals surface area contributed by atoms with Crippen LogP contribution in [0.4, 0.5) is 10.5 Å². The molecule has 1 aromatic carbocycles. The number of nitrogens with two attached hydrogens (primary N) is 1. The molecule has 1 aromatic rings. The highest BCUT2D eigenvalue weighted by atomic mass is 16.2. The zero-order valence-electron chi connectivity index (χ0n) is 14.1. The summed E-state index contributed by atoms with van der Waals surface area (Å²) in [6, 6.07) is 9.92. The van der Waals surface area contributed by atoms with Crippen LogP contribution in [-0.2, 0) is 4.79 Å². The van der Waals surface area contributed by atoms with Gasteiger partial charge in [-0.25, -0.2) is 4.79 Å². The van der Waals surface area contributed by atoms with Crippen molar-refractivity contribution in [3.63, 3.8) is 0 Å². The standard InChI is InChI=1S/C18H26N4O2/c19-18(24)22-9-4-6-15(14-22)17(23)21-11-5-10-20(12-13-21)16-7-2-1-3-8-16/h1-3,7-8,15H,4-6,9-14H2,(H2,19,24)/t15-/m0/s1. The number of piperidine rings is 1. The molecule has 3 rings (SSSR count). The lowest BCUT2D eigenvalue weighted by atomic mass is 9.96. The Bertz CT molecular complexity index is 578. The normalized spacial score (nSPS) is 22.2. The van der Waals surface area contributed by atoms with Crippen molar-refractivity contribution in [2.24, 2.45) is 11.7 Å². The molecule has 3 amide bonds. The summed E-state index contributed by atoms with van der Waals surface area (Å²) in [5.74, 6) is 0.0744. The lowest BCUT2D eigenvalue weighted by molar-refractivity contribution is -0.136. The zero-order valence-corrected chi connectivity index (χ0v) is 14.1. The van der Waals surface area contributed by atoms with Gasteiger partial charge in [0.15, 0.2) is 0 Å². The maximum absolute atomic E-state index is 12.8. The van der Waals surface area contributed by atoms with Crippen LogP contribution in [-0.4, -0.2) is 61.0 Å². The number of nitrogens with zero attached hydrogens (tertiary/aromatic N) is 3. The first kappa shape index (κ1) is 16.6. The van der Waals surface area contributed by atoms with Gasteiger partial charge in [-0.2, -0.15) is 0 Å².